The molecule has 3 aliphatic carbocycles. The maximum Gasteiger partial charge on any atom is 0.136 e. The number of fused-ring (bicyclic) bond motifs is 1. The number of rotatable bonds is 4. The van der Waals surface area contributed by atoms with Crippen molar-refractivity contribution in [2.24, 2.45) is 23.7 Å². The van der Waals surface area contributed by atoms with Crippen molar-refractivity contribution in [3.63, 3.8) is 0 Å². The predicted octanol–water partition coefficient (Wildman–Crippen LogP) is 3.92. The van der Waals surface area contributed by atoms with E-state index in [4.69, 9.17) is 0 Å². The van der Waals surface area contributed by atoms with Gasteiger partial charge in [-0.3, -0.25) is 9.59 Å². The second-order valence-corrected chi connectivity index (χ2v) is 6.97. The number of hydrogen-bond donors (Lipinski definition) is 0. The van der Waals surface area contributed by atoms with Gasteiger partial charge in [0.15, 0.2) is 0 Å². The van der Waals surface area contributed by atoms with Crippen LogP contribution in [0.15, 0.2) is 0 Å². The molecule has 3 saturated carbocycles. The minimum absolute atomic E-state index is 0.236. The van der Waals surface area contributed by atoms with Crippen LogP contribution in [0, 0.1) is 23.7 Å². The van der Waals surface area contributed by atoms with Gasteiger partial charge in [-0.15, -0.1) is 0 Å². The minimum atomic E-state index is 0.236. The fourth-order valence-electron chi connectivity index (χ4n) is 4.77. The highest BCUT2D eigenvalue weighted by Gasteiger charge is 2.46. The Hall–Kier alpha value is -0.660. The van der Waals surface area contributed by atoms with E-state index in [9.17, 15) is 9.59 Å². The normalized spacial score (nSPS) is 35.6. The monoisotopic (exact) mass is 262 g/mol. The standard InChI is InChI=1S/C17H26O2/c18-16(10-6-12-4-2-1-3-5-12)14-7-8-15-13(14)9-11-17(15)19/h12-15H,1-11H2/t13?,14-,15?/m0/s1. The van der Waals surface area contributed by atoms with Crippen LogP contribution < -0.4 is 0 Å². The van der Waals surface area contributed by atoms with Crippen LogP contribution >= 0.6 is 0 Å². The summed E-state index contributed by atoms with van der Waals surface area (Å²) in [4.78, 5) is 24.1. The van der Waals surface area contributed by atoms with E-state index >= 15 is 0 Å². The molecule has 0 aliphatic heterocycles. The molecule has 19 heavy (non-hydrogen) atoms. The maximum atomic E-state index is 12.4. The second-order valence-electron chi connectivity index (χ2n) is 6.97. The van der Waals surface area contributed by atoms with Crippen LogP contribution in [0.2, 0.25) is 0 Å². The van der Waals surface area contributed by atoms with Crippen LogP contribution in [-0.4, -0.2) is 11.6 Å². The Morgan fingerprint density at radius 3 is 2.58 bits per heavy atom. The van der Waals surface area contributed by atoms with E-state index in [1.807, 2.05) is 0 Å². The number of ketones is 2. The summed E-state index contributed by atoms with van der Waals surface area (Å²) in [5, 5.41) is 0. The molecule has 0 saturated heterocycles. The van der Waals surface area contributed by atoms with Crippen LogP contribution in [-0.2, 0) is 9.59 Å². The molecule has 0 amide bonds. The van der Waals surface area contributed by atoms with Gasteiger partial charge in [-0.1, -0.05) is 32.1 Å². The minimum Gasteiger partial charge on any atom is -0.299 e. The van der Waals surface area contributed by atoms with Crippen LogP contribution in [0.25, 0.3) is 0 Å². The first kappa shape index (κ1) is 13.3. The highest BCUT2D eigenvalue weighted by molar-refractivity contribution is 5.88. The Morgan fingerprint density at radius 2 is 1.79 bits per heavy atom. The number of carbonyl (C=O) groups is 2. The van der Waals surface area contributed by atoms with Gasteiger partial charge in [-0.2, -0.15) is 0 Å². The van der Waals surface area contributed by atoms with Crippen LogP contribution in [0.3, 0.4) is 0 Å². The van der Waals surface area contributed by atoms with Gasteiger partial charge in [0, 0.05) is 24.7 Å². The quantitative estimate of drug-likeness (QED) is 0.769. The Labute approximate surface area is 116 Å². The van der Waals surface area contributed by atoms with E-state index < -0.39 is 0 Å². The smallest absolute Gasteiger partial charge is 0.136 e. The third kappa shape index (κ3) is 2.78. The third-order valence-electron chi connectivity index (χ3n) is 5.90. The topological polar surface area (TPSA) is 34.1 Å². The van der Waals surface area contributed by atoms with Gasteiger partial charge < -0.3 is 0 Å². The summed E-state index contributed by atoms with van der Waals surface area (Å²) in [5.41, 5.74) is 0. The molecule has 3 rings (SSSR count). The van der Waals surface area contributed by atoms with E-state index in [-0.39, 0.29) is 11.8 Å². The van der Waals surface area contributed by atoms with Crippen LogP contribution in [0.1, 0.15) is 70.6 Å². The zero-order valence-electron chi connectivity index (χ0n) is 11.9. The first-order valence-electron chi connectivity index (χ1n) is 8.31. The number of Topliss-reactive ketones (excluding diaryl/α,β-unsaturated/α-hetero) is 2. The van der Waals surface area contributed by atoms with Crippen molar-refractivity contribution >= 4 is 11.6 Å². The lowest BCUT2D eigenvalue weighted by atomic mass is 9.82. The van der Waals surface area contributed by atoms with Gasteiger partial charge in [0.05, 0.1) is 0 Å². The summed E-state index contributed by atoms with van der Waals surface area (Å²) in [6, 6.07) is 0. The number of carbonyl (C=O) groups excluding carboxylic acids is 2. The zero-order chi connectivity index (χ0) is 13.2. The summed E-state index contributed by atoms with van der Waals surface area (Å²) in [7, 11) is 0. The molecule has 0 N–H and O–H groups in total. The molecule has 0 aromatic heterocycles. The van der Waals surface area contributed by atoms with Crippen molar-refractivity contribution in [2.45, 2.75) is 70.6 Å². The molecular formula is C17H26O2. The van der Waals surface area contributed by atoms with E-state index in [2.05, 4.69) is 0 Å². The first-order valence-corrected chi connectivity index (χ1v) is 8.31. The van der Waals surface area contributed by atoms with E-state index in [0.29, 0.717) is 17.5 Å². The highest BCUT2D eigenvalue weighted by atomic mass is 16.1. The third-order valence-corrected chi connectivity index (χ3v) is 5.90. The molecule has 0 aromatic carbocycles. The number of hydrogen-bond acceptors (Lipinski definition) is 2. The van der Waals surface area contributed by atoms with Gasteiger partial charge in [0.1, 0.15) is 11.6 Å². The first-order chi connectivity index (χ1) is 9.25. The lowest BCUT2D eigenvalue weighted by Crippen LogP contribution is -2.21. The molecule has 0 aromatic rings. The van der Waals surface area contributed by atoms with Gasteiger partial charge in [0.25, 0.3) is 0 Å². The van der Waals surface area contributed by atoms with Crippen molar-refractivity contribution in [2.75, 3.05) is 0 Å². The van der Waals surface area contributed by atoms with Crippen LogP contribution in [0.5, 0.6) is 0 Å². The van der Waals surface area contributed by atoms with Gasteiger partial charge in [-0.25, -0.2) is 0 Å². The molecule has 3 atom stereocenters. The largest absolute Gasteiger partial charge is 0.299 e. The molecule has 0 spiro atoms. The maximum absolute atomic E-state index is 12.4. The molecule has 2 heteroatoms. The van der Waals surface area contributed by atoms with Crippen molar-refractivity contribution in [1.29, 1.82) is 0 Å². The van der Waals surface area contributed by atoms with E-state index in [1.54, 1.807) is 0 Å². The summed E-state index contributed by atoms with van der Waals surface area (Å²) in [6.07, 6.45) is 12.4. The summed E-state index contributed by atoms with van der Waals surface area (Å²) < 4.78 is 0. The van der Waals surface area contributed by atoms with Crippen molar-refractivity contribution in [3.05, 3.63) is 0 Å². The fraction of sp³-hybridized carbons (Fsp3) is 0.882. The van der Waals surface area contributed by atoms with Crippen LogP contribution in [0.4, 0.5) is 0 Å². The molecule has 3 fully saturated rings. The lowest BCUT2D eigenvalue weighted by Gasteiger charge is -2.22. The molecule has 106 valence electrons. The van der Waals surface area contributed by atoms with E-state index in [1.165, 1.54) is 32.1 Å². The lowest BCUT2D eigenvalue weighted by molar-refractivity contribution is -0.124. The summed E-state index contributed by atoms with van der Waals surface area (Å²) in [6.45, 7) is 0. The molecule has 3 aliphatic rings. The van der Waals surface area contributed by atoms with Gasteiger partial charge in [0.2, 0.25) is 0 Å². The van der Waals surface area contributed by atoms with Crippen molar-refractivity contribution in [1.82, 2.24) is 0 Å². The highest BCUT2D eigenvalue weighted by Crippen LogP contribution is 2.46. The Kier molecular flexibility index (Phi) is 4.04. The molecular weight excluding hydrogens is 236 g/mol. The molecule has 0 heterocycles. The summed E-state index contributed by atoms with van der Waals surface area (Å²) in [5.74, 6) is 2.63. The average Bonchev–Trinajstić information content (AvgIpc) is 3.01. The molecule has 0 radical (unpaired) electrons. The predicted molar refractivity (Wildman–Crippen MR) is 74.8 cm³/mol. The van der Waals surface area contributed by atoms with Gasteiger partial charge >= 0.3 is 0 Å². The summed E-state index contributed by atoms with van der Waals surface area (Å²) >= 11 is 0. The molecule has 2 unspecified atom stereocenters. The Bertz CT molecular complexity index is 354. The second kappa shape index (κ2) is 5.76. The fourth-order valence-corrected chi connectivity index (χ4v) is 4.77. The Balaban J connectivity index is 1.49. The van der Waals surface area contributed by atoms with E-state index in [0.717, 1.165) is 44.4 Å². The molecule has 0 bridgehead atoms. The SMILES string of the molecule is O=C1CCC2C1CC[C@@H]2C(=O)CCC1CCCCC1. The molecule has 2 nitrogen and oxygen atoms in total. The Morgan fingerprint density at radius 1 is 1.00 bits per heavy atom. The van der Waals surface area contributed by atoms with Gasteiger partial charge in [-0.05, 0) is 37.5 Å². The zero-order valence-corrected chi connectivity index (χ0v) is 11.9. The van der Waals surface area contributed by atoms with Crippen molar-refractivity contribution < 1.29 is 9.59 Å². The average molecular weight is 262 g/mol. The van der Waals surface area contributed by atoms with Crippen molar-refractivity contribution in [3.8, 4) is 0 Å².